The standard InChI is InChI=1S/C47H78O3/c1-8-9-17-23-38(48)24-18-15-13-11-10-12-14-16-19-25-43(49)50-42-30-31-47-34-46(47)33-32-45(7)37(22-20-21-36(4)35(2)3)26-27-39(45)40(46)28-29-41(47)44(42,5)6/h13,15,18,24,35,37-42,48H,4,8-12,14,16-17,19-23,25-34H2,1-3,5-7H3. The van der Waals surface area contributed by atoms with Crippen molar-refractivity contribution in [2.45, 2.75) is 201 Å². The van der Waals surface area contributed by atoms with Crippen molar-refractivity contribution >= 4 is 5.97 Å². The van der Waals surface area contributed by atoms with Crippen LogP contribution in [0, 0.1) is 51.2 Å². The maximum absolute atomic E-state index is 13.1. The highest BCUT2D eigenvalue weighted by molar-refractivity contribution is 5.69. The van der Waals surface area contributed by atoms with Crippen molar-refractivity contribution in [1.29, 1.82) is 0 Å². The Morgan fingerprint density at radius 2 is 1.60 bits per heavy atom. The summed E-state index contributed by atoms with van der Waals surface area (Å²) in [6.45, 7) is 18.8. The highest BCUT2D eigenvalue weighted by Crippen LogP contribution is 2.87. The molecule has 2 spiro atoms. The Kier molecular flexibility index (Phi) is 13.7. The molecule has 5 saturated carbocycles. The van der Waals surface area contributed by atoms with Gasteiger partial charge in [0.1, 0.15) is 6.10 Å². The highest BCUT2D eigenvalue weighted by Gasteiger charge is 2.80. The zero-order valence-electron chi connectivity index (χ0n) is 33.6. The topological polar surface area (TPSA) is 46.5 Å². The summed E-state index contributed by atoms with van der Waals surface area (Å²) >= 11 is 0. The first-order valence-corrected chi connectivity index (χ1v) is 21.8. The van der Waals surface area contributed by atoms with E-state index in [1.165, 1.54) is 108 Å². The van der Waals surface area contributed by atoms with Crippen molar-refractivity contribution < 1.29 is 14.6 Å². The van der Waals surface area contributed by atoms with Crippen LogP contribution in [0.1, 0.15) is 189 Å². The summed E-state index contributed by atoms with van der Waals surface area (Å²) in [6, 6.07) is 0. The molecule has 0 radical (unpaired) electrons. The van der Waals surface area contributed by atoms with E-state index in [1.807, 2.05) is 12.2 Å². The third-order valence-corrected chi connectivity index (χ3v) is 16.0. The van der Waals surface area contributed by atoms with Crippen LogP contribution in [0.25, 0.3) is 0 Å². The lowest BCUT2D eigenvalue weighted by Crippen LogP contribution is -2.55. The van der Waals surface area contributed by atoms with Crippen molar-refractivity contribution in [1.82, 2.24) is 0 Å². The molecule has 50 heavy (non-hydrogen) atoms. The molecule has 0 saturated heterocycles. The first kappa shape index (κ1) is 39.8. The van der Waals surface area contributed by atoms with Crippen molar-refractivity contribution in [2.24, 2.45) is 51.2 Å². The Morgan fingerprint density at radius 1 is 0.840 bits per heavy atom. The number of rotatable bonds is 20. The first-order chi connectivity index (χ1) is 23.9. The molecular formula is C47H78O3. The summed E-state index contributed by atoms with van der Waals surface area (Å²) in [5.41, 5.74) is 3.20. The van der Waals surface area contributed by atoms with Gasteiger partial charge in [-0.3, -0.25) is 4.79 Å². The number of unbranched alkanes of at least 4 members (excludes halogenated alkanes) is 7. The number of carbonyl (C=O) groups excluding carboxylic acids is 1. The molecule has 0 aliphatic heterocycles. The summed E-state index contributed by atoms with van der Waals surface area (Å²) in [4.78, 5) is 13.1. The molecule has 0 heterocycles. The van der Waals surface area contributed by atoms with Gasteiger partial charge in [0, 0.05) is 11.8 Å². The third-order valence-electron chi connectivity index (χ3n) is 16.0. The molecule has 5 aliphatic carbocycles. The van der Waals surface area contributed by atoms with E-state index in [0.29, 0.717) is 34.5 Å². The van der Waals surface area contributed by atoms with Gasteiger partial charge in [-0.25, -0.2) is 0 Å². The van der Waals surface area contributed by atoms with E-state index < -0.39 is 0 Å². The predicted molar refractivity (Wildman–Crippen MR) is 211 cm³/mol. The van der Waals surface area contributed by atoms with Crippen LogP contribution in [0.3, 0.4) is 0 Å². The van der Waals surface area contributed by atoms with Crippen LogP contribution >= 0.6 is 0 Å². The SMILES string of the molecule is C=C(CCCC1CCC2C3CCC4C(C)(C)C(OC(=O)CCCCCCCC=CC=CC(O)CCCCC)CCC45CC35CCC12C)C(C)C. The predicted octanol–water partition coefficient (Wildman–Crippen LogP) is 13.1. The van der Waals surface area contributed by atoms with Crippen LogP contribution in [-0.4, -0.2) is 23.3 Å². The van der Waals surface area contributed by atoms with Gasteiger partial charge in [0.05, 0.1) is 6.10 Å². The average molecular weight is 691 g/mol. The molecule has 0 aromatic rings. The maximum atomic E-state index is 13.1. The molecule has 1 N–H and O–H groups in total. The molecule has 0 aromatic carbocycles. The second-order valence-corrected chi connectivity index (χ2v) is 19.3. The second-order valence-electron chi connectivity index (χ2n) is 19.3. The Bertz CT molecular complexity index is 1180. The van der Waals surface area contributed by atoms with Gasteiger partial charge in [-0.1, -0.05) is 117 Å². The van der Waals surface area contributed by atoms with Crippen LogP contribution in [0.15, 0.2) is 36.5 Å². The fourth-order valence-electron chi connectivity index (χ4n) is 12.9. The van der Waals surface area contributed by atoms with Crippen LogP contribution in [0.4, 0.5) is 0 Å². The zero-order valence-corrected chi connectivity index (χ0v) is 33.6. The minimum atomic E-state index is -0.311. The normalized spacial score (nSPS) is 36.2. The van der Waals surface area contributed by atoms with Crippen LogP contribution in [0.2, 0.25) is 0 Å². The number of hydrogen-bond donors (Lipinski definition) is 1. The molecule has 5 rings (SSSR count). The lowest BCUT2D eigenvalue weighted by atomic mass is 9.46. The Hall–Kier alpha value is -1.35. The summed E-state index contributed by atoms with van der Waals surface area (Å²) < 4.78 is 6.37. The summed E-state index contributed by atoms with van der Waals surface area (Å²) in [5.74, 6) is 4.17. The van der Waals surface area contributed by atoms with Crippen molar-refractivity contribution in [3.63, 3.8) is 0 Å². The van der Waals surface area contributed by atoms with E-state index in [4.69, 9.17) is 4.74 Å². The third kappa shape index (κ3) is 8.39. The molecule has 0 aromatic heterocycles. The number of ether oxygens (including phenoxy) is 1. The molecule has 9 unspecified atom stereocenters. The Morgan fingerprint density at radius 3 is 2.38 bits per heavy atom. The highest BCUT2D eigenvalue weighted by atomic mass is 16.5. The van der Waals surface area contributed by atoms with E-state index in [-0.39, 0.29) is 23.6 Å². The lowest BCUT2D eigenvalue weighted by Gasteiger charge is -2.59. The number of hydrogen-bond acceptors (Lipinski definition) is 3. The smallest absolute Gasteiger partial charge is 0.306 e. The largest absolute Gasteiger partial charge is 0.462 e. The van der Waals surface area contributed by atoms with Gasteiger partial charge < -0.3 is 9.84 Å². The zero-order chi connectivity index (χ0) is 36.0. The van der Waals surface area contributed by atoms with Gasteiger partial charge in [0.2, 0.25) is 0 Å². The van der Waals surface area contributed by atoms with Gasteiger partial charge in [-0.05, 0) is 149 Å². The first-order valence-electron chi connectivity index (χ1n) is 21.8. The molecule has 0 amide bonds. The minimum absolute atomic E-state index is 0.0484. The second kappa shape index (κ2) is 17.2. The molecule has 284 valence electrons. The fourth-order valence-corrected chi connectivity index (χ4v) is 12.9. The Labute approximate surface area is 308 Å². The molecule has 5 fully saturated rings. The average Bonchev–Trinajstić information content (AvgIpc) is 3.63. The molecule has 9 atom stereocenters. The van der Waals surface area contributed by atoms with Crippen molar-refractivity contribution in [3.05, 3.63) is 36.5 Å². The lowest BCUT2D eigenvalue weighted by molar-refractivity contribution is -0.175. The maximum Gasteiger partial charge on any atom is 0.306 e. The summed E-state index contributed by atoms with van der Waals surface area (Å²) in [6.07, 6.45) is 36.1. The minimum Gasteiger partial charge on any atom is -0.462 e. The summed E-state index contributed by atoms with van der Waals surface area (Å²) in [7, 11) is 0. The van der Waals surface area contributed by atoms with Crippen LogP contribution in [0.5, 0.6) is 0 Å². The van der Waals surface area contributed by atoms with Crippen molar-refractivity contribution in [3.8, 4) is 0 Å². The number of carbonyl (C=O) groups is 1. The number of fused-ring (bicyclic) bond motifs is 2. The molecule has 0 bridgehead atoms. The van der Waals surface area contributed by atoms with E-state index >= 15 is 0 Å². The number of allylic oxidation sites excluding steroid dienone is 4. The van der Waals surface area contributed by atoms with E-state index in [0.717, 1.165) is 56.3 Å². The van der Waals surface area contributed by atoms with Crippen LogP contribution in [-0.2, 0) is 9.53 Å². The summed E-state index contributed by atoms with van der Waals surface area (Å²) in [5, 5.41) is 9.97. The van der Waals surface area contributed by atoms with Crippen LogP contribution < -0.4 is 0 Å². The van der Waals surface area contributed by atoms with Gasteiger partial charge in [0.15, 0.2) is 0 Å². The number of aliphatic hydroxyl groups excluding tert-OH is 1. The molecule has 3 nitrogen and oxygen atoms in total. The van der Waals surface area contributed by atoms with Gasteiger partial charge in [-0.15, -0.1) is 0 Å². The fraction of sp³-hybridized carbons (Fsp3) is 0.851. The van der Waals surface area contributed by atoms with Crippen molar-refractivity contribution in [2.75, 3.05) is 0 Å². The van der Waals surface area contributed by atoms with Gasteiger partial charge >= 0.3 is 5.97 Å². The monoisotopic (exact) mass is 691 g/mol. The van der Waals surface area contributed by atoms with E-state index in [1.54, 1.807) is 0 Å². The number of aliphatic hydroxyl groups is 1. The molecule has 5 aliphatic rings. The van der Waals surface area contributed by atoms with E-state index in [2.05, 4.69) is 60.3 Å². The molecule has 3 heteroatoms. The van der Waals surface area contributed by atoms with Gasteiger partial charge in [-0.2, -0.15) is 0 Å². The molecular weight excluding hydrogens is 613 g/mol. The van der Waals surface area contributed by atoms with E-state index in [9.17, 15) is 9.90 Å². The van der Waals surface area contributed by atoms with Gasteiger partial charge in [0.25, 0.3) is 0 Å². The number of esters is 1. The quantitative estimate of drug-likeness (QED) is 0.0598. The Balaban J connectivity index is 1.01.